The van der Waals surface area contributed by atoms with Gasteiger partial charge in [-0.25, -0.2) is 0 Å². The van der Waals surface area contributed by atoms with E-state index in [1.54, 1.807) is 0 Å². The number of carbonyl (C=O) groups is 2. The van der Waals surface area contributed by atoms with E-state index >= 15 is 0 Å². The molecule has 0 heterocycles. The summed E-state index contributed by atoms with van der Waals surface area (Å²) < 4.78 is 4.79. The number of rotatable bonds is 3. The molecule has 3 unspecified atom stereocenters. The van der Waals surface area contributed by atoms with Crippen LogP contribution in [0.25, 0.3) is 0 Å². The Labute approximate surface area is 82.1 Å². The van der Waals surface area contributed by atoms with E-state index in [9.17, 15) is 9.59 Å². The first-order chi connectivity index (χ1) is 6.66. The van der Waals surface area contributed by atoms with E-state index in [2.05, 4.69) is 12.2 Å². The zero-order valence-electron chi connectivity index (χ0n) is 7.81. The van der Waals surface area contributed by atoms with Crippen molar-refractivity contribution in [3.63, 3.8) is 0 Å². The van der Waals surface area contributed by atoms with Crippen LogP contribution in [0, 0.1) is 17.8 Å². The lowest BCUT2D eigenvalue weighted by molar-refractivity contribution is -0.152. The van der Waals surface area contributed by atoms with E-state index in [0.717, 1.165) is 12.8 Å². The number of fused-ring (bicyclic) bond motifs is 2. The van der Waals surface area contributed by atoms with Crippen LogP contribution in [0.2, 0.25) is 0 Å². The molecule has 0 aromatic carbocycles. The van der Waals surface area contributed by atoms with E-state index in [1.807, 2.05) is 0 Å². The van der Waals surface area contributed by atoms with E-state index < -0.39 is 5.91 Å². The topological polar surface area (TPSA) is 69.4 Å². The first-order valence-electron chi connectivity index (χ1n) is 4.80. The highest BCUT2D eigenvalue weighted by Crippen LogP contribution is 2.43. The van der Waals surface area contributed by atoms with E-state index in [0.29, 0.717) is 11.8 Å². The molecule has 2 aliphatic carbocycles. The summed E-state index contributed by atoms with van der Waals surface area (Å²) in [4.78, 5) is 21.9. The van der Waals surface area contributed by atoms with Crippen LogP contribution in [0.4, 0.5) is 0 Å². The highest BCUT2D eigenvalue weighted by molar-refractivity contribution is 5.80. The number of allylic oxidation sites excluding steroid dienone is 2. The first kappa shape index (κ1) is 9.24. The molecule has 4 nitrogen and oxygen atoms in total. The fourth-order valence-corrected chi connectivity index (χ4v) is 2.30. The minimum atomic E-state index is -0.600. The van der Waals surface area contributed by atoms with Crippen LogP contribution in [0.3, 0.4) is 0 Å². The molecule has 76 valence electrons. The van der Waals surface area contributed by atoms with Crippen LogP contribution in [0.1, 0.15) is 12.8 Å². The van der Waals surface area contributed by atoms with Gasteiger partial charge in [-0.2, -0.15) is 0 Å². The predicted molar refractivity (Wildman–Crippen MR) is 49.0 cm³/mol. The second-order valence-electron chi connectivity index (χ2n) is 3.96. The van der Waals surface area contributed by atoms with E-state index in [1.165, 1.54) is 0 Å². The number of hydrogen-bond acceptors (Lipinski definition) is 3. The van der Waals surface area contributed by atoms with Crippen molar-refractivity contribution in [1.82, 2.24) is 0 Å². The Morgan fingerprint density at radius 2 is 2.14 bits per heavy atom. The Bertz CT molecular complexity index is 298. The molecule has 14 heavy (non-hydrogen) atoms. The van der Waals surface area contributed by atoms with Gasteiger partial charge in [0.05, 0.1) is 5.92 Å². The average Bonchev–Trinajstić information content (AvgIpc) is 2.74. The quantitative estimate of drug-likeness (QED) is 0.517. The fourth-order valence-electron chi connectivity index (χ4n) is 2.30. The minimum absolute atomic E-state index is 0.0515. The van der Waals surface area contributed by atoms with Crippen LogP contribution in [-0.4, -0.2) is 18.5 Å². The van der Waals surface area contributed by atoms with E-state index in [4.69, 9.17) is 10.5 Å². The number of hydrogen-bond donors (Lipinski definition) is 1. The number of ether oxygens (including phenoxy) is 1. The summed E-state index contributed by atoms with van der Waals surface area (Å²) in [6.45, 7) is -0.295. The Morgan fingerprint density at radius 3 is 2.64 bits per heavy atom. The van der Waals surface area contributed by atoms with Crippen molar-refractivity contribution in [1.29, 1.82) is 0 Å². The smallest absolute Gasteiger partial charge is 0.310 e. The normalized spacial score (nSPS) is 33.3. The second-order valence-corrected chi connectivity index (χ2v) is 3.96. The van der Waals surface area contributed by atoms with Crippen molar-refractivity contribution in [2.45, 2.75) is 12.8 Å². The maximum atomic E-state index is 11.5. The zero-order chi connectivity index (χ0) is 10.1. The van der Waals surface area contributed by atoms with Gasteiger partial charge in [-0.05, 0) is 24.7 Å². The number of esters is 1. The third kappa shape index (κ3) is 1.64. The molecule has 2 rings (SSSR count). The van der Waals surface area contributed by atoms with Gasteiger partial charge in [-0.15, -0.1) is 0 Å². The Balaban J connectivity index is 1.87. The monoisotopic (exact) mass is 195 g/mol. The maximum Gasteiger partial charge on any atom is 0.310 e. The van der Waals surface area contributed by atoms with Crippen molar-refractivity contribution in [2.24, 2.45) is 23.5 Å². The molecule has 0 spiro atoms. The van der Waals surface area contributed by atoms with Gasteiger partial charge in [-0.1, -0.05) is 12.2 Å². The lowest BCUT2D eigenvalue weighted by Gasteiger charge is -2.15. The molecule has 2 N–H and O–H groups in total. The lowest BCUT2D eigenvalue weighted by atomic mass is 9.94. The van der Waals surface area contributed by atoms with Gasteiger partial charge in [-0.3, -0.25) is 9.59 Å². The van der Waals surface area contributed by atoms with Gasteiger partial charge in [0.1, 0.15) is 0 Å². The van der Waals surface area contributed by atoms with Gasteiger partial charge >= 0.3 is 5.97 Å². The van der Waals surface area contributed by atoms with Crippen LogP contribution in [0.15, 0.2) is 12.2 Å². The molecular weight excluding hydrogens is 182 g/mol. The number of amides is 1. The summed E-state index contributed by atoms with van der Waals surface area (Å²) in [5.41, 5.74) is 4.89. The third-order valence-electron chi connectivity index (χ3n) is 2.94. The minimum Gasteiger partial charge on any atom is -0.455 e. The highest BCUT2D eigenvalue weighted by atomic mass is 16.5. The van der Waals surface area contributed by atoms with Crippen molar-refractivity contribution in [3.8, 4) is 0 Å². The van der Waals surface area contributed by atoms with Gasteiger partial charge in [0, 0.05) is 0 Å². The molecule has 1 amide bonds. The summed E-state index contributed by atoms with van der Waals surface area (Å²) in [5.74, 6) is -0.0754. The van der Waals surface area contributed by atoms with Crippen molar-refractivity contribution >= 4 is 11.9 Å². The number of primary amides is 1. The third-order valence-corrected chi connectivity index (χ3v) is 2.94. The Hall–Kier alpha value is -1.32. The molecule has 4 heteroatoms. The Kier molecular flexibility index (Phi) is 2.27. The van der Waals surface area contributed by atoms with Gasteiger partial charge in [0.2, 0.25) is 0 Å². The van der Waals surface area contributed by atoms with Crippen molar-refractivity contribution < 1.29 is 14.3 Å². The second kappa shape index (κ2) is 3.44. The highest BCUT2D eigenvalue weighted by Gasteiger charge is 2.40. The summed E-state index contributed by atoms with van der Waals surface area (Å²) in [6.07, 6.45) is 6.14. The van der Waals surface area contributed by atoms with Gasteiger partial charge < -0.3 is 10.5 Å². The lowest BCUT2D eigenvalue weighted by Crippen LogP contribution is -2.26. The SMILES string of the molecule is NC(=O)COC(=O)C1CC2C=CC1C2. The van der Waals surface area contributed by atoms with E-state index in [-0.39, 0.29) is 18.5 Å². The summed E-state index contributed by atoms with van der Waals surface area (Å²) in [6, 6.07) is 0. The summed E-state index contributed by atoms with van der Waals surface area (Å²) in [7, 11) is 0. The molecule has 0 radical (unpaired) electrons. The number of carbonyl (C=O) groups excluding carboxylic acids is 2. The van der Waals surface area contributed by atoms with Crippen molar-refractivity contribution in [2.75, 3.05) is 6.61 Å². The molecular formula is C10H13NO3. The maximum absolute atomic E-state index is 11.5. The largest absolute Gasteiger partial charge is 0.455 e. The fraction of sp³-hybridized carbons (Fsp3) is 0.600. The molecule has 3 atom stereocenters. The summed E-state index contributed by atoms with van der Waals surface area (Å²) >= 11 is 0. The Morgan fingerprint density at radius 1 is 1.36 bits per heavy atom. The summed E-state index contributed by atoms with van der Waals surface area (Å²) in [5, 5.41) is 0. The van der Waals surface area contributed by atoms with Crippen molar-refractivity contribution in [3.05, 3.63) is 12.2 Å². The molecule has 0 aliphatic heterocycles. The zero-order valence-corrected chi connectivity index (χ0v) is 7.81. The first-order valence-corrected chi connectivity index (χ1v) is 4.80. The van der Waals surface area contributed by atoms with Crippen LogP contribution < -0.4 is 5.73 Å². The predicted octanol–water partition coefficient (Wildman–Crippen LogP) is 0.227. The van der Waals surface area contributed by atoms with Gasteiger partial charge in [0.25, 0.3) is 5.91 Å². The van der Waals surface area contributed by atoms with Crippen LogP contribution in [-0.2, 0) is 14.3 Å². The van der Waals surface area contributed by atoms with Crippen LogP contribution >= 0.6 is 0 Å². The average molecular weight is 195 g/mol. The molecule has 1 fully saturated rings. The molecule has 2 bridgehead atoms. The molecule has 0 saturated heterocycles. The standard InChI is InChI=1S/C10H13NO3/c11-9(12)5-14-10(13)8-4-6-1-2-7(8)3-6/h1-2,6-8H,3-5H2,(H2,11,12). The molecule has 1 saturated carbocycles. The molecule has 2 aliphatic rings. The number of nitrogens with two attached hydrogens (primary N) is 1. The van der Waals surface area contributed by atoms with Gasteiger partial charge in [0.15, 0.2) is 6.61 Å². The molecule has 0 aromatic rings. The molecule has 0 aromatic heterocycles. The van der Waals surface area contributed by atoms with Crippen LogP contribution in [0.5, 0.6) is 0 Å².